The van der Waals surface area contributed by atoms with Gasteiger partial charge in [-0.25, -0.2) is 4.79 Å². The highest BCUT2D eigenvalue weighted by Crippen LogP contribution is 2.25. The quantitative estimate of drug-likeness (QED) is 0.730. The van der Waals surface area contributed by atoms with Gasteiger partial charge in [-0.2, -0.15) is 0 Å². The van der Waals surface area contributed by atoms with Gasteiger partial charge < -0.3 is 20.3 Å². The van der Waals surface area contributed by atoms with Gasteiger partial charge in [0.05, 0.1) is 22.3 Å². The van der Waals surface area contributed by atoms with Crippen molar-refractivity contribution in [2.24, 2.45) is 0 Å². The third-order valence-electron chi connectivity index (χ3n) is 3.86. The molecular weight excluding hydrogens is 434 g/mol. The summed E-state index contributed by atoms with van der Waals surface area (Å²) in [5, 5.41) is 6.98. The predicted molar refractivity (Wildman–Crippen MR) is 113 cm³/mol. The fourth-order valence-electron chi connectivity index (χ4n) is 2.57. The van der Waals surface area contributed by atoms with Crippen LogP contribution < -0.4 is 15.4 Å². The molecule has 10 heteroatoms. The van der Waals surface area contributed by atoms with E-state index in [1.54, 1.807) is 35.5 Å². The molecular formula is C17H20Cl4N4O2. The molecule has 0 saturated carbocycles. The van der Waals surface area contributed by atoms with Crippen molar-refractivity contribution in [1.82, 2.24) is 15.2 Å². The summed E-state index contributed by atoms with van der Waals surface area (Å²) in [6.07, 6.45) is 3.34. The van der Waals surface area contributed by atoms with E-state index in [9.17, 15) is 4.79 Å². The van der Waals surface area contributed by atoms with Crippen LogP contribution in [0.15, 0.2) is 42.7 Å². The first-order valence-corrected chi connectivity index (χ1v) is 8.65. The molecule has 1 aromatic carbocycles. The van der Waals surface area contributed by atoms with Gasteiger partial charge in [0.2, 0.25) is 0 Å². The molecule has 27 heavy (non-hydrogen) atoms. The molecule has 1 saturated heterocycles. The van der Waals surface area contributed by atoms with E-state index in [4.69, 9.17) is 27.9 Å². The number of carbonyl (C=O) groups is 1. The zero-order valence-corrected chi connectivity index (χ0v) is 17.4. The molecule has 1 aliphatic heterocycles. The molecule has 148 valence electrons. The summed E-state index contributed by atoms with van der Waals surface area (Å²) in [5.74, 6) is 0.679. The van der Waals surface area contributed by atoms with Crippen LogP contribution in [-0.4, -0.2) is 48.2 Å². The number of carbonyl (C=O) groups excluding carboxylic acids is 1. The standard InChI is InChI=1S/C17H18Cl2N4O2.2ClH/c18-15-4-3-12(8-16(15)19)22-17(24)23-7-6-21-9-13(23)11-25-14-2-1-5-20-10-14;;/h1-5,8,10,13,21H,6-7,9,11H2,(H,22,24);2*1H/t13-;;/m0../s1. The largest absolute Gasteiger partial charge is 0.490 e. The smallest absolute Gasteiger partial charge is 0.322 e. The number of halogens is 4. The molecule has 6 nitrogen and oxygen atoms in total. The van der Waals surface area contributed by atoms with Crippen LogP contribution in [0.3, 0.4) is 0 Å². The SMILES string of the molecule is Cl.Cl.O=C(Nc1ccc(Cl)c(Cl)c1)N1CCNC[C@H]1COc1cccnc1. The van der Waals surface area contributed by atoms with Crippen LogP contribution in [0.2, 0.25) is 10.0 Å². The molecule has 3 rings (SSSR count). The average molecular weight is 454 g/mol. The second-order valence-corrected chi connectivity index (χ2v) is 6.42. The predicted octanol–water partition coefficient (Wildman–Crippen LogP) is 4.12. The number of hydrogen-bond acceptors (Lipinski definition) is 4. The summed E-state index contributed by atoms with van der Waals surface area (Å²) in [5.41, 5.74) is 0.602. The van der Waals surface area contributed by atoms with E-state index >= 15 is 0 Å². The highest BCUT2D eigenvalue weighted by Gasteiger charge is 2.27. The van der Waals surface area contributed by atoms with E-state index < -0.39 is 0 Å². The lowest BCUT2D eigenvalue weighted by Gasteiger charge is -2.35. The molecule has 2 aromatic rings. The van der Waals surface area contributed by atoms with Crippen LogP contribution in [0.1, 0.15) is 0 Å². The Morgan fingerprint density at radius 1 is 1.30 bits per heavy atom. The second-order valence-electron chi connectivity index (χ2n) is 5.61. The Kier molecular flexibility index (Phi) is 9.98. The van der Waals surface area contributed by atoms with E-state index in [1.807, 2.05) is 12.1 Å². The minimum atomic E-state index is -0.195. The topological polar surface area (TPSA) is 66.5 Å². The van der Waals surface area contributed by atoms with Crippen molar-refractivity contribution in [3.8, 4) is 5.75 Å². The van der Waals surface area contributed by atoms with Crippen LogP contribution >= 0.6 is 48.0 Å². The first-order chi connectivity index (χ1) is 12.1. The Bertz CT molecular complexity index is 736. The number of rotatable bonds is 4. The van der Waals surface area contributed by atoms with Crippen LogP contribution in [0, 0.1) is 0 Å². The number of pyridine rings is 1. The van der Waals surface area contributed by atoms with Crippen LogP contribution in [0.5, 0.6) is 5.75 Å². The summed E-state index contributed by atoms with van der Waals surface area (Å²) < 4.78 is 5.75. The maximum absolute atomic E-state index is 12.6. The number of hydrogen-bond donors (Lipinski definition) is 2. The number of amides is 2. The van der Waals surface area contributed by atoms with Crippen molar-refractivity contribution in [2.45, 2.75) is 6.04 Å². The van der Waals surface area contributed by atoms with Gasteiger partial charge in [0, 0.05) is 31.5 Å². The van der Waals surface area contributed by atoms with E-state index in [2.05, 4.69) is 15.6 Å². The molecule has 0 unspecified atom stereocenters. The molecule has 2 N–H and O–H groups in total. The number of aromatic nitrogens is 1. The fraction of sp³-hybridized carbons (Fsp3) is 0.294. The Morgan fingerprint density at radius 2 is 2.11 bits per heavy atom. The average Bonchev–Trinajstić information content (AvgIpc) is 2.64. The zero-order valence-electron chi connectivity index (χ0n) is 14.2. The maximum Gasteiger partial charge on any atom is 0.322 e. The number of nitrogens with zero attached hydrogens (tertiary/aromatic N) is 2. The van der Waals surface area contributed by atoms with Gasteiger partial charge in [-0.1, -0.05) is 23.2 Å². The van der Waals surface area contributed by atoms with Gasteiger partial charge in [-0.15, -0.1) is 24.8 Å². The molecule has 0 spiro atoms. The first-order valence-electron chi connectivity index (χ1n) is 7.89. The number of benzene rings is 1. The zero-order chi connectivity index (χ0) is 17.6. The van der Waals surface area contributed by atoms with Crippen molar-refractivity contribution in [2.75, 3.05) is 31.6 Å². The Balaban J connectivity index is 0.00000182. The molecule has 0 bridgehead atoms. The molecule has 0 radical (unpaired) electrons. The molecule has 1 aromatic heterocycles. The van der Waals surface area contributed by atoms with Crippen molar-refractivity contribution in [1.29, 1.82) is 0 Å². The number of ether oxygens (including phenoxy) is 1. The molecule has 1 fully saturated rings. The lowest BCUT2D eigenvalue weighted by molar-refractivity contribution is 0.133. The summed E-state index contributed by atoms with van der Waals surface area (Å²) in [4.78, 5) is 18.4. The van der Waals surface area contributed by atoms with E-state index in [0.29, 0.717) is 41.2 Å². The summed E-state index contributed by atoms with van der Waals surface area (Å²) in [7, 11) is 0. The number of urea groups is 1. The summed E-state index contributed by atoms with van der Waals surface area (Å²) in [6.45, 7) is 2.37. The Hall–Kier alpha value is -1.44. The minimum absolute atomic E-state index is 0. The monoisotopic (exact) mass is 452 g/mol. The molecule has 1 aliphatic rings. The number of anilines is 1. The Morgan fingerprint density at radius 3 is 2.81 bits per heavy atom. The van der Waals surface area contributed by atoms with Crippen molar-refractivity contribution in [3.05, 3.63) is 52.8 Å². The molecule has 2 heterocycles. The van der Waals surface area contributed by atoms with E-state index in [1.165, 1.54) is 0 Å². The van der Waals surface area contributed by atoms with E-state index in [0.717, 1.165) is 6.54 Å². The lowest BCUT2D eigenvalue weighted by Crippen LogP contribution is -2.57. The normalized spacial score (nSPS) is 15.9. The van der Waals surface area contributed by atoms with E-state index in [-0.39, 0.29) is 36.9 Å². The summed E-state index contributed by atoms with van der Waals surface area (Å²) >= 11 is 11.9. The second kappa shape index (κ2) is 11.4. The number of piperazine rings is 1. The van der Waals surface area contributed by atoms with Gasteiger partial charge in [0.15, 0.2) is 0 Å². The third-order valence-corrected chi connectivity index (χ3v) is 4.60. The molecule has 1 atom stereocenters. The fourth-order valence-corrected chi connectivity index (χ4v) is 2.87. The first kappa shape index (κ1) is 23.6. The highest BCUT2D eigenvalue weighted by atomic mass is 35.5. The minimum Gasteiger partial charge on any atom is -0.490 e. The van der Waals surface area contributed by atoms with Gasteiger partial charge in [-0.05, 0) is 30.3 Å². The maximum atomic E-state index is 12.6. The van der Waals surface area contributed by atoms with Crippen molar-refractivity contribution in [3.63, 3.8) is 0 Å². The number of nitrogens with one attached hydrogen (secondary N) is 2. The van der Waals surface area contributed by atoms with Crippen LogP contribution in [0.4, 0.5) is 10.5 Å². The van der Waals surface area contributed by atoms with Crippen molar-refractivity contribution < 1.29 is 9.53 Å². The molecule has 2 amide bonds. The molecule has 0 aliphatic carbocycles. The lowest BCUT2D eigenvalue weighted by atomic mass is 10.2. The van der Waals surface area contributed by atoms with Crippen LogP contribution in [0.25, 0.3) is 0 Å². The van der Waals surface area contributed by atoms with Gasteiger partial charge >= 0.3 is 6.03 Å². The van der Waals surface area contributed by atoms with Gasteiger partial charge in [0.25, 0.3) is 0 Å². The third kappa shape index (κ3) is 6.59. The summed E-state index contributed by atoms with van der Waals surface area (Å²) in [6, 6.07) is 8.37. The van der Waals surface area contributed by atoms with Crippen molar-refractivity contribution >= 4 is 59.7 Å². The van der Waals surface area contributed by atoms with Gasteiger partial charge in [-0.3, -0.25) is 4.98 Å². The Labute approximate surface area is 180 Å². The van der Waals surface area contributed by atoms with Gasteiger partial charge in [0.1, 0.15) is 12.4 Å². The highest BCUT2D eigenvalue weighted by molar-refractivity contribution is 6.42. The van der Waals surface area contributed by atoms with Crippen LogP contribution in [-0.2, 0) is 0 Å².